The Balaban J connectivity index is 1.91. The van der Waals surface area contributed by atoms with Gasteiger partial charge in [0.2, 0.25) is 0 Å². The number of halogens is 3. The lowest BCUT2D eigenvalue weighted by Gasteiger charge is -2.41. The zero-order chi connectivity index (χ0) is 20.4. The van der Waals surface area contributed by atoms with Crippen molar-refractivity contribution in [1.82, 2.24) is 15.0 Å². The molecule has 154 valence electrons. The molecule has 0 spiro atoms. The van der Waals surface area contributed by atoms with Gasteiger partial charge in [-0.05, 0) is 24.3 Å². The molecule has 0 bridgehead atoms. The SMILES string of the molecule is CCCSC1OC(CO)C(O)C(n2cc(-c3cc(F)c(F)c(F)c3)nn2)C1O. The Bertz CT molecular complexity index is 802. The lowest BCUT2D eigenvalue weighted by atomic mass is 9.97. The van der Waals surface area contributed by atoms with E-state index in [1.54, 1.807) is 0 Å². The minimum atomic E-state index is -1.59. The lowest BCUT2D eigenvalue weighted by molar-refractivity contribution is -0.178. The van der Waals surface area contributed by atoms with Gasteiger partial charge < -0.3 is 20.1 Å². The fraction of sp³-hybridized carbons (Fsp3) is 0.529. The second-order valence-corrected chi connectivity index (χ2v) is 7.61. The summed E-state index contributed by atoms with van der Waals surface area (Å²) in [6.45, 7) is 1.49. The highest BCUT2D eigenvalue weighted by Crippen LogP contribution is 2.35. The molecule has 3 rings (SSSR count). The Kier molecular flexibility index (Phi) is 6.61. The topological polar surface area (TPSA) is 101 Å². The molecule has 1 fully saturated rings. The van der Waals surface area contributed by atoms with Crippen LogP contribution in [0.1, 0.15) is 19.4 Å². The second kappa shape index (κ2) is 8.78. The molecule has 11 heteroatoms. The highest BCUT2D eigenvalue weighted by Gasteiger charge is 2.46. The molecule has 1 saturated heterocycles. The van der Waals surface area contributed by atoms with E-state index >= 15 is 0 Å². The maximum absolute atomic E-state index is 13.5. The zero-order valence-corrected chi connectivity index (χ0v) is 15.7. The fourth-order valence-electron chi connectivity index (χ4n) is 3.01. The highest BCUT2D eigenvalue weighted by atomic mass is 32.2. The standard InChI is InChI=1S/C17H20F3N3O4S/c1-2-3-28-17-16(26)14(15(25)12(7-24)27-17)23-6-11(21-22-23)8-4-9(18)13(20)10(19)5-8/h4-6,12,14-17,24-26H,2-3,7H2,1H3. The van der Waals surface area contributed by atoms with Gasteiger partial charge >= 0.3 is 0 Å². The summed E-state index contributed by atoms with van der Waals surface area (Å²) >= 11 is 1.34. The molecule has 0 amide bonds. The van der Waals surface area contributed by atoms with Gasteiger partial charge in [0, 0.05) is 5.56 Å². The van der Waals surface area contributed by atoms with Crippen LogP contribution >= 0.6 is 11.8 Å². The third-order valence-corrected chi connectivity index (χ3v) is 5.79. The van der Waals surface area contributed by atoms with Crippen LogP contribution in [0.3, 0.4) is 0 Å². The van der Waals surface area contributed by atoms with Crippen LogP contribution in [-0.2, 0) is 4.74 Å². The third kappa shape index (κ3) is 4.03. The van der Waals surface area contributed by atoms with Crippen molar-refractivity contribution in [2.75, 3.05) is 12.4 Å². The molecule has 28 heavy (non-hydrogen) atoms. The number of hydrogen-bond donors (Lipinski definition) is 3. The Morgan fingerprint density at radius 2 is 1.86 bits per heavy atom. The Labute approximate surface area is 163 Å². The Morgan fingerprint density at radius 1 is 1.18 bits per heavy atom. The molecule has 2 aromatic rings. The van der Waals surface area contributed by atoms with E-state index in [4.69, 9.17) is 4.74 Å². The zero-order valence-electron chi connectivity index (χ0n) is 14.9. The van der Waals surface area contributed by atoms with Gasteiger partial charge in [-0.3, -0.25) is 0 Å². The summed E-state index contributed by atoms with van der Waals surface area (Å²) in [4.78, 5) is 0. The van der Waals surface area contributed by atoms with E-state index < -0.39 is 53.8 Å². The number of ether oxygens (including phenoxy) is 1. The van der Waals surface area contributed by atoms with Crippen LogP contribution in [0.15, 0.2) is 18.3 Å². The second-order valence-electron chi connectivity index (χ2n) is 6.41. The van der Waals surface area contributed by atoms with Gasteiger partial charge in [0.15, 0.2) is 17.5 Å². The van der Waals surface area contributed by atoms with Crippen molar-refractivity contribution in [2.45, 2.75) is 43.1 Å². The molecule has 2 heterocycles. The summed E-state index contributed by atoms with van der Waals surface area (Å²) in [6.07, 6.45) is -1.30. The van der Waals surface area contributed by atoms with E-state index in [2.05, 4.69) is 10.3 Å². The van der Waals surface area contributed by atoms with E-state index in [0.29, 0.717) is 5.75 Å². The van der Waals surface area contributed by atoms with Gasteiger partial charge in [0.05, 0.1) is 12.8 Å². The summed E-state index contributed by atoms with van der Waals surface area (Å²) in [6, 6.07) is 0.553. The maximum Gasteiger partial charge on any atom is 0.194 e. The lowest BCUT2D eigenvalue weighted by Crippen LogP contribution is -2.55. The normalized spacial score (nSPS) is 27.9. The predicted octanol–water partition coefficient (Wildman–Crippen LogP) is 1.49. The molecular weight excluding hydrogens is 399 g/mol. The van der Waals surface area contributed by atoms with Crippen molar-refractivity contribution in [1.29, 1.82) is 0 Å². The fourth-order valence-corrected chi connectivity index (χ4v) is 4.06. The van der Waals surface area contributed by atoms with E-state index in [9.17, 15) is 28.5 Å². The first-order valence-electron chi connectivity index (χ1n) is 8.68. The van der Waals surface area contributed by atoms with Gasteiger partial charge in [0.25, 0.3) is 0 Å². The highest BCUT2D eigenvalue weighted by molar-refractivity contribution is 7.99. The number of rotatable bonds is 6. The number of aliphatic hydroxyl groups excluding tert-OH is 3. The van der Waals surface area contributed by atoms with Gasteiger partial charge in [-0.15, -0.1) is 16.9 Å². The number of hydrogen-bond acceptors (Lipinski definition) is 7. The van der Waals surface area contributed by atoms with E-state index in [1.165, 1.54) is 18.0 Å². The quantitative estimate of drug-likeness (QED) is 0.610. The summed E-state index contributed by atoms with van der Waals surface area (Å²) in [5.41, 5.74) is -0.727. The van der Waals surface area contributed by atoms with Crippen LogP contribution < -0.4 is 0 Å². The average molecular weight is 419 g/mol. The number of nitrogens with zero attached hydrogens (tertiary/aromatic N) is 3. The van der Waals surface area contributed by atoms with Crippen LogP contribution in [0.5, 0.6) is 0 Å². The molecule has 1 aromatic carbocycles. The van der Waals surface area contributed by atoms with Crippen molar-refractivity contribution < 1.29 is 33.2 Å². The summed E-state index contributed by atoms with van der Waals surface area (Å²) in [5.74, 6) is -3.63. The molecule has 3 N–H and O–H groups in total. The molecule has 5 unspecified atom stereocenters. The summed E-state index contributed by atoms with van der Waals surface area (Å²) in [5, 5.41) is 38.3. The van der Waals surface area contributed by atoms with Crippen molar-refractivity contribution in [2.24, 2.45) is 0 Å². The molecule has 0 aliphatic carbocycles. The first kappa shape index (κ1) is 21.1. The molecular formula is C17H20F3N3O4S. The molecule has 5 atom stereocenters. The molecule has 1 aromatic heterocycles. The third-order valence-electron chi connectivity index (χ3n) is 4.43. The van der Waals surface area contributed by atoms with Crippen LogP contribution in [0.2, 0.25) is 0 Å². The van der Waals surface area contributed by atoms with Crippen LogP contribution in [0.25, 0.3) is 11.3 Å². The first-order valence-corrected chi connectivity index (χ1v) is 9.73. The number of aromatic nitrogens is 3. The van der Waals surface area contributed by atoms with Crippen molar-refractivity contribution in [3.05, 3.63) is 35.8 Å². The average Bonchev–Trinajstić information content (AvgIpc) is 3.15. The van der Waals surface area contributed by atoms with E-state index in [-0.39, 0.29) is 11.3 Å². The molecule has 1 aliphatic heterocycles. The Hall–Kier alpha value is -1.66. The number of thioether (sulfide) groups is 1. The van der Waals surface area contributed by atoms with Gasteiger partial charge in [-0.2, -0.15) is 0 Å². The van der Waals surface area contributed by atoms with Crippen LogP contribution in [0, 0.1) is 17.5 Å². The molecule has 1 aliphatic rings. The smallest absolute Gasteiger partial charge is 0.194 e. The monoisotopic (exact) mass is 419 g/mol. The summed E-state index contributed by atoms with van der Waals surface area (Å²) in [7, 11) is 0. The van der Waals surface area contributed by atoms with Gasteiger partial charge in [0.1, 0.15) is 35.5 Å². The number of aliphatic hydroxyl groups is 3. The van der Waals surface area contributed by atoms with Crippen molar-refractivity contribution in [3.8, 4) is 11.3 Å². The largest absolute Gasteiger partial charge is 0.394 e. The van der Waals surface area contributed by atoms with E-state index in [1.807, 2.05) is 6.92 Å². The summed E-state index contributed by atoms with van der Waals surface area (Å²) < 4.78 is 46.8. The van der Waals surface area contributed by atoms with Crippen molar-refractivity contribution >= 4 is 11.8 Å². The van der Waals surface area contributed by atoms with Crippen LogP contribution in [0.4, 0.5) is 13.2 Å². The van der Waals surface area contributed by atoms with Crippen LogP contribution in [-0.4, -0.2) is 66.4 Å². The molecule has 0 radical (unpaired) electrons. The Morgan fingerprint density at radius 3 is 2.46 bits per heavy atom. The molecule has 7 nitrogen and oxygen atoms in total. The van der Waals surface area contributed by atoms with Crippen molar-refractivity contribution in [3.63, 3.8) is 0 Å². The minimum Gasteiger partial charge on any atom is -0.394 e. The molecule has 0 saturated carbocycles. The first-order chi connectivity index (χ1) is 13.4. The van der Waals surface area contributed by atoms with E-state index in [0.717, 1.165) is 23.2 Å². The number of benzene rings is 1. The minimum absolute atomic E-state index is 0.0296. The van der Waals surface area contributed by atoms with Gasteiger partial charge in [-0.1, -0.05) is 12.1 Å². The predicted molar refractivity (Wildman–Crippen MR) is 94.9 cm³/mol. The maximum atomic E-state index is 13.5. The van der Waals surface area contributed by atoms with Gasteiger partial charge in [-0.25, -0.2) is 17.9 Å².